The van der Waals surface area contributed by atoms with Crippen molar-refractivity contribution in [2.24, 2.45) is 0 Å². The van der Waals surface area contributed by atoms with Gasteiger partial charge in [0, 0.05) is 5.56 Å². The Labute approximate surface area is 161 Å². The number of benzene rings is 3. The maximum Gasteiger partial charge on any atom is 0.130 e. The Balaban J connectivity index is 1.51. The third-order valence-corrected chi connectivity index (χ3v) is 5.12. The monoisotopic (exact) mass is 356 g/mol. The van der Waals surface area contributed by atoms with Crippen molar-refractivity contribution in [1.82, 2.24) is 0 Å². The minimum atomic E-state index is 0.0528. The molecule has 2 heteroatoms. The predicted molar refractivity (Wildman–Crippen MR) is 111 cm³/mol. The highest BCUT2D eigenvalue weighted by Gasteiger charge is 2.21. The topological polar surface area (TPSA) is 18.5 Å². The van der Waals surface area contributed by atoms with E-state index in [9.17, 15) is 0 Å². The van der Waals surface area contributed by atoms with Crippen molar-refractivity contribution in [2.75, 3.05) is 6.61 Å². The quantitative estimate of drug-likeness (QED) is 0.553. The summed E-state index contributed by atoms with van der Waals surface area (Å²) in [6, 6.07) is 22.9. The minimum Gasteiger partial charge on any atom is -0.489 e. The highest BCUT2D eigenvalue weighted by atomic mass is 16.5. The van der Waals surface area contributed by atoms with Gasteiger partial charge in [-0.05, 0) is 66.8 Å². The van der Waals surface area contributed by atoms with Crippen molar-refractivity contribution in [3.05, 3.63) is 89.5 Å². The fraction of sp³-hybridized carbons (Fsp3) is 0.200. The molecule has 27 heavy (non-hydrogen) atoms. The molecule has 0 radical (unpaired) electrons. The van der Waals surface area contributed by atoms with E-state index in [0.717, 1.165) is 17.1 Å². The lowest BCUT2D eigenvalue weighted by molar-refractivity contribution is 0.260. The first-order valence-electron chi connectivity index (χ1n) is 9.38. The summed E-state index contributed by atoms with van der Waals surface area (Å²) in [5.74, 6) is 1.86. The van der Waals surface area contributed by atoms with Gasteiger partial charge in [0.15, 0.2) is 0 Å². The molecule has 1 unspecified atom stereocenters. The molecule has 0 bridgehead atoms. The molecule has 0 saturated heterocycles. The fourth-order valence-electron chi connectivity index (χ4n) is 3.45. The van der Waals surface area contributed by atoms with Gasteiger partial charge in [0.25, 0.3) is 0 Å². The predicted octanol–water partition coefficient (Wildman–Crippen LogP) is 6.21. The molecule has 0 spiro atoms. The average Bonchev–Trinajstić information content (AvgIpc) is 2.70. The summed E-state index contributed by atoms with van der Waals surface area (Å²) in [5.41, 5.74) is 7.18. The van der Waals surface area contributed by atoms with Crippen LogP contribution in [-0.2, 0) is 0 Å². The number of fused-ring (bicyclic) bond motifs is 1. The van der Waals surface area contributed by atoms with Crippen LogP contribution in [0.3, 0.4) is 0 Å². The Morgan fingerprint density at radius 1 is 0.852 bits per heavy atom. The molecule has 1 aliphatic rings. The summed E-state index contributed by atoms with van der Waals surface area (Å²) in [7, 11) is 0. The van der Waals surface area contributed by atoms with Gasteiger partial charge in [-0.2, -0.15) is 0 Å². The number of hydrogen-bond donors (Lipinski definition) is 0. The maximum atomic E-state index is 6.09. The molecule has 0 fully saturated rings. The van der Waals surface area contributed by atoms with Gasteiger partial charge < -0.3 is 9.47 Å². The maximum absolute atomic E-state index is 6.09. The van der Waals surface area contributed by atoms with E-state index >= 15 is 0 Å². The molecule has 0 N–H and O–H groups in total. The number of aryl methyl sites for hydroxylation is 1. The first-order valence-corrected chi connectivity index (χ1v) is 9.38. The Morgan fingerprint density at radius 2 is 1.56 bits per heavy atom. The van der Waals surface area contributed by atoms with Gasteiger partial charge >= 0.3 is 0 Å². The second-order valence-electron chi connectivity index (χ2n) is 7.08. The lowest BCUT2D eigenvalue weighted by Crippen LogP contribution is -2.18. The standard InChI is InChI=1S/C25H24O2/c1-17-9-14-24-22(15-18(2)27-25(24)19(17)3)16-26-23-12-10-21(11-13-23)20-7-5-4-6-8-20/h4-15,18H,16H2,1-3H3. The van der Waals surface area contributed by atoms with E-state index in [4.69, 9.17) is 9.47 Å². The van der Waals surface area contributed by atoms with Gasteiger partial charge in [-0.1, -0.05) is 54.6 Å². The molecule has 0 aromatic heterocycles. The summed E-state index contributed by atoms with van der Waals surface area (Å²) in [6.07, 6.45) is 2.20. The van der Waals surface area contributed by atoms with E-state index in [1.807, 2.05) is 18.2 Å². The highest BCUT2D eigenvalue weighted by molar-refractivity contribution is 5.75. The number of ether oxygens (including phenoxy) is 2. The number of hydrogen-bond acceptors (Lipinski definition) is 2. The average molecular weight is 356 g/mol. The van der Waals surface area contributed by atoms with Crippen LogP contribution in [0.1, 0.15) is 23.6 Å². The molecule has 3 aromatic rings. The third kappa shape index (κ3) is 3.61. The molecule has 0 aliphatic carbocycles. The van der Waals surface area contributed by atoms with E-state index in [1.165, 1.54) is 27.8 Å². The van der Waals surface area contributed by atoms with Crippen molar-refractivity contribution in [2.45, 2.75) is 26.9 Å². The van der Waals surface area contributed by atoms with Gasteiger partial charge in [0.2, 0.25) is 0 Å². The highest BCUT2D eigenvalue weighted by Crippen LogP contribution is 2.36. The van der Waals surface area contributed by atoms with Crippen LogP contribution in [0.5, 0.6) is 11.5 Å². The summed E-state index contributed by atoms with van der Waals surface area (Å²) < 4.78 is 12.1. The molecule has 2 nitrogen and oxygen atoms in total. The largest absolute Gasteiger partial charge is 0.489 e. The Hall–Kier alpha value is -3.00. The van der Waals surface area contributed by atoms with E-state index < -0.39 is 0 Å². The van der Waals surface area contributed by atoms with Crippen LogP contribution >= 0.6 is 0 Å². The molecule has 0 saturated carbocycles. The van der Waals surface area contributed by atoms with E-state index in [2.05, 4.69) is 75.4 Å². The molecule has 1 aliphatic heterocycles. The van der Waals surface area contributed by atoms with Crippen LogP contribution in [0.4, 0.5) is 0 Å². The third-order valence-electron chi connectivity index (χ3n) is 5.12. The second-order valence-corrected chi connectivity index (χ2v) is 7.08. The summed E-state index contributed by atoms with van der Waals surface area (Å²) in [5, 5.41) is 0. The normalized spacial score (nSPS) is 15.5. The minimum absolute atomic E-state index is 0.0528. The SMILES string of the molecule is Cc1ccc2c(c1C)OC(C)C=C2COc1ccc(-c2ccccc2)cc1. The lowest BCUT2D eigenvalue weighted by atomic mass is 9.96. The van der Waals surface area contributed by atoms with Crippen LogP contribution in [0.15, 0.2) is 72.8 Å². The van der Waals surface area contributed by atoms with E-state index in [-0.39, 0.29) is 6.10 Å². The van der Waals surface area contributed by atoms with Crippen molar-refractivity contribution in [3.8, 4) is 22.6 Å². The van der Waals surface area contributed by atoms with Crippen LogP contribution < -0.4 is 9.47 Å². The van der Waals surface area contributed by atoms with Gasteiger partial charge in [-0.3, -0.25) is 0 Å². The van der Waals surface area contributed by atoms with Crippen molar-refractivity contribution >= 4 is 5.57 Å². The smallest absolute Gasteiger partial charge is 0.130 e. The first-order chi connectivity index (χ1) is 13.1. The zero-order chi connectivity index (χ0) is 18.8. The van der Waals surface area contributed by atoms with Crippen molar-refractivity contribution in [1.29, 1.82) is 0 Å². The molecular weight excluding hydrogens is 332 g/mol. The van der Waals surface area contributed by atoms with Crippen LogP contribution in [0, 0.1) is 13.8 Å². The molecule has 1 heterocycles. The van der Waals surface area contributed by atoms with Crippen molar-refractivity contribution < 1.29 is 9.47 Å². The molecule has 0 amide bonds. The van der Waals surface area contributed by atoms with Gasteiger partial charge in [0.1, 0.15) is 24.2 Å². The Kier molecular flexibility index (Phi) is 4.72. The molecule has 1 atom stereocenters. The van der Waals surface area contributed by atoms with Crippen LogP contribution in [0.25, 0.3) is 16.7 Å². The van der Waals surface area contributed by atoms with E-state index in [1.54, 1.807) is 0 Å². The van der Waals surface area contributed by atoms with Crippen molar-refractivity contribution in [3.63, 3.8) is 0 Å². The summed E-state index contributed by atoms with van der Waals surface area (Å²) >= 11 is 0. The fourth-order valence-corrected chi connectivity index (χ4v) is 3.45. The molecular formula is C25H24O2. The summed E-state index contributed by atoms with van der Waals surface area (Å²) in [6.45, 7) is 6.84. The lowest BCUT2D eigenvalue weighted by Gasteiger charge is -2.25. The molecule has 3 aromatic carbocycles. The second kappa shape index (κ2) is 7.32. The zero-order valence-electron chi connectivity index (χ0n) is 16.0. The zero-order valence-corrected chi connectivity index (χ0v) is 16.0. The summed E-state index contributed by atoms with van der Waals surface area (Å²) in [4.78, 5) is 0. The molecule has 4 rings (SSSR count). The Morgan fingerprint density at radius 3 is 2.30 bits per heavy atom. The Bertz CT molecular complexity index is 969. The molecule has 136 valence electrons. The van der Waals surface area contributed by atoms with E-state index in [0.29, 0.717) is 6.61 Å². The van der Waals surface area contributed by atoms with Gasteiger partial charge in [-0.15, -0.1) is 0 Å². The van der Waals surface area contributed by atoms with Crippen LogP contribution in [0.2, 0.25) is 0 Å². The van der Waals surface area contributed by atoms with Gasteiger partial charge in [-0.25, -0.2) is 0 Å². The van der Waals surface area contributed by atoms with Gasteiger partial charge in [0.05, 0.1) is 0 Å². The first kappa shape index (κ1) is 17.4. The number of rotatable bonds is 4. The van der Waals surface area contributed by atoms with Crippen LogP contribution in [-0.4, -0.2) is 12.7 Å².